The fraction of sp³-hybridized carbons (Fsp3) is 0.368. The number of halogens is 2. The van der Waals surface area contributed by atoms with Crippen LogP contribution in [0.15, 0.2) is 48.5 Å². The van der Waals surface area contributed by atoms with Gasteiger partial charge in [-0.25, -0.2) is 0 Å². The molecule has 1 aliphatic heterocycles. The molecule has 0 aliphatic carbocycles. The molecule has 1 heterocycles. The number of rotatable bonds is 4. The molecule has 2 aromatic rings. The molecule has 128 valence electrons. The molecule has 1 fully saturated rings. The van der Waals surface area contributed by atoms with E-state index in [0.717, 1.165) is 34.3 Å². The van der Waals surface area contributed by atoms with Crippen LogP contribution < -0.4 is 5.32 Å². The Hall–Kier alpha value is -1.10. The minimum Gasteiger partial charge on any atom is -0.395 e. The summed E-state index contributed by atoms with van der Waals surface area (Å²) in [6, 6.07) is 16.4. The largest absolute Gasteiger partial charge is 0.395 e. The van der Waals surface area contributed by atoms with Crippen molar-refractivity contribution >= 4 is 23.2 Å². The Morgan fingerprint density at radius 2 is 1.54 bits per heavy atom. The van der Waals surface area contributed by atoms with E-state index in [2.05, 4.69) is 41.4 Å². The number of benzene rings is 2. The minimum atomic E-state index is 0.0567. The Bertz CT molecular complexity index is 615. The van der Waals surface area contributed by atoms with E-state index in [1.807, 2.05) is 24.3 Å². The lowest BCUT2D eigenvalue weighted by Gasteiger charge is -2.43. The van der Waals surface area contributed by atoms with Crippen LogP contribution in [-0.4, -0.2) is 41.8 Å². The van der Waals surface area contributed by atoms with E-state index in [9.17, 15) is 5.11 Å². The van der Waals surface area contributed by atoms with Crippen molar-refractivity contribution in [2.24, 2.45) is 0 Å². The van der Waals surface area contributed by atoms with Crippen molar-refractivity contribution in [1.82, 2.24) is 10.2 Å². The lowest BCUT2D eigenvalue weighted by atomic mass is 9.94. The minimum absolute atomic E-state index is 0.0567. The summed E-state index contributed by atoms with van der Waals surface area (Å²) in [5.41, 5.74) is 2.32. The summed E-state index contributed by atoms with van der Waals surface area (Å²) in [6.45, 7) is 3.93. The molecule has 2 N–H and O–H groups in total. The van der Waals surface area contributed by atoms with Crippen LogP contribution in [0.4, 0.5) is 0 Å². The van der Waals surface area contributed by atoms with Gasteiger partial charge in [-0.3, -0.25) is 4.90 Å². The van der Waals surface area contributed by atoms with Gasteiger partial charge in [0.05, 0.1) is 12.6 Å². The molecule has 1 saturated heterocycles. The fourth-order valence-corrected chi connectivity index (χ4v) is 3.59. The molecule has 24 heavy (non-hydrogen) atoms. The second-order valence-electron chi connectivity index (χ2n) is 6.35. The van der Waals surface area contributed by atoms with Crippen molar-refractivity contribution in [3.8, 4) is 0 Å². The topological polar surface area (TPSA) is 35.5 Å². The molecule has 0 spiro atoms. The van der Waals surface area contributed by atoms with E-state index in [-0.39, 0.29) is 18.7 Å². The second kappa shape index (κ2) is 7.85. The maximum Gasteiger partial charge on any atom is 0.0606 e. The Morgan fingerprint density at radius 3 is 2.00 bits per heavy atom. The first-order valence-electron chi connectivity index (χ1n) is 8.19. The van der Waals surface area contributed by atoms with Gasteiger partial charge >= 0.3 is 0 Å². The molecule has 0 saturated carbocycles. The number of hydrogen-bond acceptors (Lipinski definition) is 3. The van der Waals surface area contributed by atoms with Crippen molar-refractivity contribution in [2.75, 3.05) is 19.7 Å². The molecule has 0 aromatic heterocycles. The Labute approximate surface area is 153 Å². The summed E-state index contributed by atoms with van der Waals surface area (Å²) in [5.74, 6) is 0. The molecule has 0 unspecified atom stereocenters. The monoisotopic (exact) mass is 364 g/mol. The molecule has 2 atom stereocenters. The molecule has 3 nitrogen and oxygen atoms in total. The third kappa shape index (κ3) is 3.93. The summed E-state index contributed by atoms with van der Waals surface area (Å²) in [4.78, 5) is 2.37. The van der Waals surface area contributed by atoms with E-state index < -0.39 is 0 Å². The third-order valence-corrected chi connectivity index (χ3v) is 5.07. The van der Waals surface area contributed by atoms with E-state index in [1.54, 1.807) is 0 Å². The number of nitrogens with zero attached hydrogens (tertiary/aromatic N) is 1. The molecule has 0 radical (unpaired) electrons. The average molecular weight is 365 g/mol. The molecule has 0 bridgehead atoms. The summed E-state index contributed by atoms with van der Waals surface area (Å²) in [5, 5.41) is 14.7. The van der Waals surface area contributed by atoms with Crippen LogP contribution in [0.25, 0.3) is 0 Å². The predicted octanol–water partition coefficient (Wildman–Crippen LogP) is 3.74. The highest BCUT2D eigenvalue weighted by Gasteiger charge is 2.32. The Kier molecular flexibility index (Phi) is 5.80. The maximum atomic E-state index is 9.85. The van der Waals surface area contributed by atoms with Crippen LogP contribution in [0, 0.1) is 0 Å². The number of nitrogens with one attached hydrogen (secondary N) is 1. The van der Waals surface area contributed by atoms with Crippen LogP contribution >= 0.6 is 23.2 Å². The van der Waals surface area contributed by atoms with Crippen LogP contribution in [0.1, 0.15) is 24.1 Å². The molecule has 3 rings (SSSR count). The predicted molar refractivity (Wildman–Crippen MR) is 99.8 cm³/mol. The highest BCUT2D eigenvalue weighted by atomic mass is 35.5. The molecular formula is C19H22Cl2N2O. The van der Waals surface area contributed by atoms with E-state index in [1.165, 1.54) is 0 Å². The van der Waals surface area contributed by atoms with Crippen LogP contribution in [0.3, 0.4) is 0 Å². The van der Waals surface area contributed by atoms with Gasteiger partial charge in [-0.05, 0) is 42.3 Å². The van der Waals surface area contributed by atoms with Crippen molar-refractivity contribution in [3.05, 3.63) is 69.7 Å². The van der Waals surface area contributed by atoms with Gasteiger partial charge in [0.15, 0.2) is 0 Å². The van der Waals surface area contributed by atoms with Gasteiger partial charge in [0.25, 0.3) is 0 Å². The first-order chi connectivity index (χ1) is 11.6. The molecule has 2 aromatic carbocycles. The summed E-state index contributed by atoms with van der Waals surface area (Å²) in [7, 11) is 0. The van der Waals surface area contributed by atoms with E-state index >= 15 is 0 Å². The standard InChI is InChI=1S/C19H22Cl2N2O/c1-13-11-23(18(12-24)10-22-13)19(14-2-6-16(20)7-3-14)15-4-8-17(21)9-5-15/h2-9,13,18-19,22,24H,10-12H2,1H3/t13-,18-/m0/s1. The first-order valence-corrected chi connectivity index (χ1v) is 8.95. The van der Waals surface area contributed by atoms with E-state index in [0.29, 0.717) is 6.04 Å². The SMILES string of the molecule is C[C@H]1CN(C(c2ccc(Cl)cc2)c2ccc(Cl)cc2)[C@H](CO)CN1. The fourth-order valence-electron chi connectivity index (χ4n) is 3.34. The number of aliphatic hydroxyl groups excluding tert-OH is 1. The van der Waals surface area contributed by atoms with Crippen LogP contribution in [0.2, 0.25) is 10.0 Å². The van der Waals surface area contributed by atoms with Gasteiger partial charge in [-0.2, -0.15) is 0 Å². The highest BCUT2D eigenvalue weighted by molar-refractivity contribution is 6.30. The Balaban J connectivity index is 2.03. The van der Waals surface area contributed by atoms with Gasteiger partial charge in [0.2, 0.25) is 0 Å². The van der Waals surface area contributed by atoms with Gasteiger partial charge in [-0.1, -0.05) is 47.5 Å². The zero-order valence-corrected chi connectivity index (χ0v) is 15.1. The lowest BCUT2D eigenvalue weighted by Crippen LogP contribution is -2.57. The van der Waals surface area contributed by atoms with Gasteiger partial charge in [0, 0.05) is 35.2 Å². The van der Waals surface area contributed by atoms with Crippen molar-refractivity contribution in [3.63, 3.8) is 0 Å². The number of hydrogen-bond donors (Lipinski definition) is 2. The first kappa shape index (κ1) is 17.7. The average Bonchev–Trinajstić information content (AvgIpc) is 2.59. The van der Waals surface area contributed by atoms with Gasteiger partial charge in [0.1, 0.15) is 0 Å². The summed E-state index contributed by atoms with van der Waals surface area (Å²) < 4.78 is 0. The Morgan fingerprint density at radius 1 is 1.04 bits per heavy atom. The third-order valence-electron chi connectivity index (χ3n) is 4.57. The summed E-state index contributed by atoms with van der Waals surface area (Å²) in [6.07, 6.45) is 0. The quantitative estimate of drug-likeness (QED) is 0.867. The number of aliphatic hydroxyl groups is 1. The zero-order valence-electron chi connectivity index (χ0n) is 13.6. The van der Waals surface area contributed by atoms with E-state index in [4.69, 9.17) is 23.2 Å². The van der Waals surface area contributed by atoms with Crippen LogP contribution in [-0.2, 0) is 0 Å². The van der Waals surface area contributed by atoms with Crippen molar-refractivity contribution in [1.29, 1.82) is 0 Å². The normalized spacial score (nSPS) is 22.0. The second-order valence-corrected chi connectivity index (χ2v) is 7.22. The van der Waals surface area contributed by atoms with Crippen molar-refractivity contribution in [2.45, 2.75) is 25.0 Å². The number of piperazine rings is 1. The summed E-state index contributed by atoms with van der Waals surface area (Å²) >= 11 is 12.1. The van der Waals surface area contributed by atoms with Gasteiger partial charge in [-0.15, -0.1) is 0 Å². The smallest absolute Gasteiger partial charge is 0.0606 e. The molecule has 5 heteroatoms. The maximum absolute atomic E-state index is 9.85. The van der Waals surface area contributed by atoms with Gasteiger partial charge < -0.3 is 10.4 Å². The zero-order chi connectivity index (χ0) is 17.1. The molecular weight excluding hydrogens is 343 g/mol. The highest BCUT2D eigenvalue weighted by Crippen LogP contribution is 2.33. The van der Waals surface area contributed by atoms with Crippen molar-refractivity contribution < 1.29 is 5.11 Å². The lowest BCUT2D eigenvalue weighted by molar-refractivity contribution is 0.0602. The molecule has 1 aliphatic rings. The van der Waals surface area contributed by atoms with Crippen LogP contribution in [0.5, 0.6) is 0 Å². The molecule has 0 amide bonds.